The molecule has 0 saturated carbocycles. The quantitative estimate of drug-likeness (QED) is 0.175. The van der Waals surface area contributed by atoms with Crippen LogP contribution in [0.2, 0.25) is 0 Å². The van der Waals surface area contributed by atoms with Crippen molar-refractivity contribution in [1.29, 1.82) is 0 Å². The zero-order valence-electron chi connectivity index (χ0n) is 19.0. The fourth-order valence-electron chi connectivity index (χ4n) is 3.22. The second kappa shape index (κ2) is 13.8. The van der Waals surface area contributed by atoms with Gasteiger partial charge in [-0.2, -0.15) is 0 Å². The number of nitrogens with one attached hydrogen (secondary N) is 3. The molecule has 0 bridgehead atoms. The van der Waals surface area contributed by atoms with Gasteiger partial charge in [-0.15, -0.1) is 0 Å². The highest BCUT2D eigenvalue weighted by molar-refractivity contribution is 5.94. The maximum absolute atomic E-state index is 13.0. The molecule has 0 heterocycles. The van der Waals surface area contributed by atoms with E-state index in [0.717, 1.165) is 11.1 Å². The first-order valence-corrected chi connectivity index (χ1v) is 10.9. The van der Waals surface area contributed by atoms with E-state index in [9.17, 15) is 24.3 Å². The number of aliphatic hydroxyl groups excluding tert-OH is 2. The van der Waals surface area contributed by atoms with Crippen molar-refractivity contribution in [3.63, 3.8) is 0 Å². The summed E-state index contributed by atoms with van der Waals surface area (Å²) in [5, 5.41) is 34.6. The number of hydrogen-bond acceptors (Lipinski definition) is 7. The van der Waals surface area contributed by atoms with Gasteiger partial charge in [0, 0.05) is 6.42 Å². The van der Waals surface area contributed by atoms with E-state index in [-0.39, 0.29) is 12.8 Å². The van der Waals surface area contributed by atoms with Crippen molar-refractivity contribution in [2.45, 2.75) is 37.0 Å². The lowest BCUT2D eigenvalue weighted by molar-refractivity contribution is -0.143. The molecule has 0 aliphatic carbocycles. The highest BCUT2D eigenvalue weighted by Gasteiger charge is 2.30. The molecule has 3 amide bonds. The smallest absolute Gasteiger partial charge is 0.328 e. The highest BCUT2D eigenvalue weighted by atomic mass is 16.4. The lowest BCUT2D eigenvalue weighted by Crippen LogP contribution is -2.59. The van der Waals surface area contributed by atoms with E-state index >= 15 is 0 Å². The van der Waals surface area contributed by atoms with E-state index in [1.807, 2.05) is 35.6 Å². The van der Waals surface area contributed by atoms with Gasteiger partial charge in [0.25, 0.3) is 0 Å². The van der Waals surface area contributed by atoms with Crippen LogP contribution in [0.1, 0.15) is 11.1 Å². The van der Waals surface area contributed by atoms with Gasteiger partial charge in [0.1, 0.15) is 18.1 Å². The molecule has 4 unspecified atom stereocenters. The number of hydrogen-bond donors (Lipinski definition) is 7. The molecule has 2 aromatic rings. The molecule has 4 atom stereocenters. The number of nitrogens with two attached hydrogens (primary N) is 1. The maximum Gasteiger partial charge on any atom is 0.328 e. The predicted molar refractivity (Wildman–Crippen MR) is 126 cm³/mol. The van der Waals surface area contributed by atoms with E-state index in [1.165, 1.54) is 0 Å². The van der Waals surface area contributed by atoms with Crippen molar-refractivity contribution >= 4 is 23.7 Å². The summed E-state index contributed by atoms with van der Waals surface area (Å²) in [4.78, 5) is 49.1. The summed E-state index contributed by atoms with van der Waals surface area (Å²) < 4.78 is 0. The van der Waals surface area contributed by atoms with Crippen LogP contribution in [-0.2, 0) is 32.0 Å². The van der Waals surface area contributed by atoms with Crippen molar-refractivity contribution in [3.05, 3.63) is 71.8 Å². The molecule has 188 valence electrons. The second-order valence-corrected chi connectivity index (χ2v) is 7.87. The van der Waals surface area contributed by atoms with Crippen molar-refractivity contribution in [1.82, 2.24) is 16.0 Å². The van der Waals surface area contributed by atoms with Crippen LogP contribution in [0.4, 0.5) is 0 Å². The molecular formula is C24H30N4O7. The summed E-state index contributed by atoms with van der Waals surface area (Å²) in [6, 6.07) is 12.7. The molecule has 0 aliphatic heterocycles. The molecular weight excluding hydrogens is 456 g/mol. The Labute approximate surface area is 202 Å². The molecule has 0 aliphatic rings. The summed E-state index contributed by atoms with van der Waals surface area (Å²) in [7, 11) is 0. The zero-order chi connectivity index (χ0) is 25.8. The average molecular weight is 487 g/mol. The number of benzene rings is 2. The topological polar surface area (TPSA) is 191 Å². The standard InChI is InChI=1S/C24H30N4O7/c25-17(11-15-7-3-1-4-8-15)21(31)26-18(12-16-9-5-2-6-10-16)22(32)27-19(13-29)23(33)28-20(14-30)24(34)35/h1-10,17-20,29-30H,11-14,25H2,(H,26,31)(H,27,32)(H,28,33)(H,34,35). The fourth-order valence-corrected chi connectivity index (χ4v) is 3.22. The minimum absolute atomic E-state index is 0.0740. The number of carbonyl (C=O) groups is 4. The van der Waals surface area contributed by atoms with Crippen LogP contribution in [0.5, 0.6) is 0 Å². The van der Waals surface area contributed by atoms with Crippen LogP contribution >= 0.6 is 0 Å². The Morgan fingerprint density at radius 3 is 1.57 bits per heavy atom. The van der Waals surface area contributed by atoms with Crippen molar-refractivity contribution < 1.29 is 34.5 Å². The van der Waals surface area contributed by atoms with Gasteiger partial charge < -0.3 is 37.0 Å². The van der Waals surface area contributed by atoms with Gasteiger partial charge in [0.15, 0.2) is 0 Å². The molecule has 0 spiro atoms. The molecule has 8 N–H and O–H groups in total. The Balaban J connectivity index is 2.12. The maximum atomic E-state index is 13.0. The Hall–Kier alpha value is -3.80. The van der Waals surface area contributed by atoms with Gasteiger partial charge in [-0.3, -0.25) is 14.4 Å². The molecule has 0 saturated heterocycles. The Morgan fingerprint density at radius 2 is 1.09 bits per heavy atom. The van der Waals surface area contributed by atoms with Crippen molar-refractivity contribution in [3.8, 4) is 0 Å². The van der Waals surface area contributed by atoms with Crippen LogP contribution < -0.4 is 21.7 Å². The van der Waals surface area contributed by atoms with Gasteiger partial charge in [-0.05, 0) is 17.5 Å². The van der Waals surface area contributed by atoms with Crippen LogP contribution in [0.25, 0.3) is 0 Å². The average Bonchev–Trinajstić information content (AvgIpc) is 2.86. The van der Waals surface area contributed by atoms with Crippen LogP contribution in [0.3, 0.4) is 0 Å². The van der Waals surface area contributed by atoms with Crippen molar-refractivity contribution in [2.24, 2.45) is 5.73 Å². The summed E-state index contributed by atoms with van der Waals surface area (Å²) in [5.74, 6) is -3.85. The lowest BCUT2D eigenvalue weighted by Gasteiger charge is -2.24. The fraction of sp³-hybridized carbons (Fsp3) is 0.333. The summed E-state index contributed by atoms with van der Waals surface area (Å²) >= 11 is 0. The third-order valence-electron chi connectivity index (χ3n) is 5.16. The minimum Gasteiger partial charge on any atom is -0.480 e. The number of aliphatic hydroxyl groups is 2. The van der Waals surface area contributed by atoms with Gasteiger partial charge in [0.05, 0.1) is 19.3 Å². The van der Waals surface area contributed by atoms with Crippen molar-refractivity contribution in [2.75, 3.05) is 13.2 Å². The summed E-state index contributed by atoms with van der Waals surface area (Å²) in [6.07, 6.45) is 0.316. The predicted octanol–water partition coefficient (Wildman–Crippen LogP) is -1.68. The number of amides is 3. The molecule has 0 radical (unpaired) electrons. The molecule has 11 heteroatoms. The normalized spacial score (nSPS) is 14.1. The Bertz CT molecular complexity index is 988. The first kappa shape index (κ1) is 27.4. The summed E-state index contributed by atoms with van der Waals surface area (Å²) in [5.41, 5.74) is 7.60. The van der Waals surface area contributed by atoms with E-state index in [1.54, 1.807) is 30.3 Å². The first-order chi connectivity index (χ1) is 16.7. The molecule has 2 rings (SSSR count). The van der Waals surface area contributed by atoms with Gasteiger partial charge in [0.2, 0.25) is 17.7 Å². The van der Waals surface area contributed by atoms with Gasteiger partial charge in [-0.25, -0.2) is 4.79 Å². The Kier molecular flexibility index (Phi) is 10.8. The van der Waals surface area contributed by atoms with E-state index in [4.69, 9.17) is 15.9 Å². The van der Waals surface area contributed by atoms with Crippen LogP contribution in [0, 0.1) is 0 Å². The first-order valence-electron chi connectivity index (χ1n) is 10.9. The molecule has 11 nitrogen and oxygen atoms in total. The van der Waals surface area contributed by atoms with Gasteiger partial charge in [-0.1, -0.05) is 60.7 Å². The SMILES string of the molecule is NC(Cc1ccccc1)C(=O)NC(Cc1ccccc1)C(=O)NC(CO)C(=O)NC(CO)C(=O)O. The molecule has 2 aromatic carbocycles. The number of carboxylic acids is 1. The van der Waals surface area contributed by atoms with Crippen LogP contribution in [0.15, 0.2) is 60.7 Å². The largest absolute Gasteiger partial charge is 0.480 e. The van der Waals surface area contributed by atoms with E-state index in [0.29, 0.717) is 0 Å². The summed E-state index contributed by atoms with van der Waals surface area (Å²) in [6.45, 7) is -1.71. The molecule has 0 aromatic heterocycles. The number of carboxylic acid groups (broad SMARTS) is 1. The van der Waals surface area contributed by atoms with Crippen LogP contribution in [-0.4, -0.2) is 76.4 Å². The minimum atomic E-state index is -1.61. The van der Waals surface area contributed by atoms with E-state index < -0.39 is 61.1 Å². The van der Waals surface area contributed by atoms with Gasteiger partial charge >= 0.3 is 5.97 Å². The molecule has 35 heavy (non-hydrogen) atoms. The van der Waals surface area contributed by atoms with E-state index in [2.05, 4.69) is 10.6 Å². The number of aliphatic carboxylic acids is 1. The Morgan fingerprint density at radius 1 is 0.657 bits per heavy atom. The third kappa shape index (κ3) is 8.81. The second-order valence-electron chi connectivity index (χ2n) is 7.87. The number of carbonyl (C=O) groups excluding carboxylic acids is 3. The number of rotatable bonds is 13. The highest BCUT2D eigenvalue weighted by Crippen LogP contribution is 2.06. The molecule has 0 fully saturated rings. The third-order valence-corrected chi connectivity index (χ3v) is 5.16. The lowest BCUT2D eigenvalue weighted by atomic mass is 10.0. The zero-order valence-corrected chi connectivity index (χ0v) is 19.0. The monoisotopic (exact) mass is 486 g/mol.